The third-order valence-corrected chi connectivity index (χ3v) is 5.67. The molecular weight excluding hydrogens is 451 g/mol. The number of amidine groups is 1. The van der Waals surface area contributed by atoms with Gasteiger partial charge in [-0.05, 0) is 28.8 Å². The summed E-state index contributed by atoms with van der Waals surface area (Å²) < 4.78 is 20.1. The van der Waals surface area contributed by atoms with Crippen LogP contribution in [0.3, 0.4) is 0 Å². The van der Waals surface area contributed by atoms with Crippen LogP contribution in [0.1, 0.15) is 16.7 Å². The summed E-state index contributed by atoms with van der Waals surface area (Å²) in [6.07, 6.45) is 1.06. The number of aromatic hydroxyl groups is 1. The van der Waals surface area contributed by atoms with Gasteiger partial charge in [0.1, 0.15) is 12.4 Å². The van der Waals surface area contributed by atoms with Crippen molar-refractivity contribution >= 4 is 22.7 Å². The molecule has 1 aromatic heterocycles. The van der Waals surface area contributed by atoms with Crippen molar-refractivity contribution in [1.82, 2.24) is 9.97 Å². The number of benzene rings is 3. The summed E-state index contributed by atoms with van der Waals surface area (Å²) in [6, 6.07) is 26.5. The Labute approximate surface area is 201 Å². The predicted octanol–water partition coefficient (Wildman–Crippen LogP) is 5.80. The van der Waals surface area contributed by atoms with Crippen LogP contribution in [0.15, 0.2) is 96.1 Å². The lowest BCUT2D eigenvalue weighted by Crippen LogP contribution is -2.13. The molecule has 0 saturated heterocycles. The molecule has 0 aliphatic rings. The number of rotatable bonds is 8. The minimum absolute atomic E-state index is 0.0164. The Bertz CT molecular complexity index is 1240. The molecule has 2 N–H and O–H groups in total. The maximum absolute atomic E-state index is 14.5. The van der Waals surface area contributed by atoms with E-state index >= 15 is 0 Å². The molecule has 0 radical (unpaired) electrons. The molecule has 0 amide bonds. The molecule has 0 aliphatic heterocycles. The normalized spacial score (nSPS) is 11.3. The fourth-order valence-electron chi connectivity index (χ4n) is 3.00. The molecule has 0 aliphatic carbocycles. The highest BCUT2D eigenvalue weighted by Gasteiger charge is 2.12. The van der Waals surface area contributed by atoms with Gasteiger partial charge in [-0.3, -0.25) is 4.99 Å². The Morgan fingerprint density at radius 1 is 0.941 bits per heavy atom. The zero-order valence-corrected chi connectivity index (χ0v) is 19.1. The van der Waals surface area contributed by atoms with Crippen molar-refractivity contribution < 1.29 is 14.2 Å². The first-order valence-electron chi connectivity index (χ1n) is 10.6. The second-order valence-electron chi connectivity index (χ2n) is 7.31. The molecule has 4 aromatic rings. The SMILES string of the molecule is Oc1cccc(COc2ncc(F)c(N/C(=N/Cc3ccccc3)SCc3ccccc3)n2)c1. The van der Waals surface area contributed by atoms with Crippen molar-refractivity contribution in [3.05, 3.63) is 114 Å². The van der Waals surface area contributed by atoms with Gasteiger partial charge in [0.15, 0.2) is 16.8 Å². The summed E-state index contributed by atoms with van der Waals surface area (Å²) >= 11 is 1.46. The number of ether oxygens (including phenoxy) is 1. The van der Waals surface area contributed by atoms with Gasteiger partial charge in [0.2, 0.25) is 0 Å². The van der Waals surface area contributed by atoms with Gasteiger partial charge in [-0.1, -0.05) is 84.6 Å². The molecule has 172 valence electrons. The van der Waals surface area contributed by atoms with Gasteiger partial charge in [-0.15, -0.1) is 0 Å². The standard InChI is InChI=1S/C26H23FN4O2S/c27-23-16-28-25(33-17-21-12-7-13-22(32)14-21)30-24(23)31-26(29-15-19-8-3-1-4-9-19)34-18-20-10-5-2-6-11-20/h1-14,16,32H,15,17-18H2,(H,28,29,30,31). The highest BCUT2D eigenvalue weighted by atomic mass is 32.2. The van der Waals surface area contributed by atoms with E-state index in [9.17, 15) is 9.50 Å². The number of halogens is 1. The van der Waals surface area contributed by atoms with Crippen molar-refractivity contribution in [1.29, 1.82) is 0 Å². The molecule has 34 heavy (non-hydrogen) atoms. The van der Waals surface area contributed by atoms with E-state index in [4.69, 9.17) is 4.74 Å². The van der Waals surface area contributed by atoms with Crippen LogP contribution in [-0.2, 0) is 18.9 Å². The second kappa shape index (κ2) is 11.8. The van der Waals surface area contributed by atoms with Crippen LogP contribution in [0.25, 0.3) is 0 Å². The van der Waals surface area contributed by atoms with Crippen LogP contribution in [0.5, 0.6) is 11.8 Å². The number of phenols is 1. The van der Waals surface area contributed by atoms with Gasteiger partial charge in [0, 0.05) is 5.75 Å². The summed E-state index contributed by atoms with van der Waals surface area (Å²) in [4.78, 5) is 12.7. The lowest BCUT2D eigenvalue weighted by molar-refractivity contribution is 0.279. The molecule has 0 fully saturated rings. The van der Waals surface area contributed by atoms with Crippen LogP contribution in [0.4, 0.5) is 10.2 Å². The van der Waals surface area contributed by atoms with E-state index in [-0.39, 0.29) is 24.2 Å². The van der Waals surface area contributed by atoms with Gasteiger partial charge < -0.3 is 15.2 Å². The highest BCUT2D eigenvalue weighted by Crippen LogP contribution is 2.20. The summed E-state index contributed by atoms with van der Waals surface area (Å²) in [5.41, 5.74) is 2.91. The first kappa shape index (κ1) is 23.3. The number of hydrogen-bond acceptors (Lipinski definition) is 6. The topological polar surface area (TPSA) is 79.6 Å². The predicted molar refractivity (Wildman–Crippen MR) is 133 cm³/mol. The Hall–Kier alpha value is -3.91. The summed E-state index contributed by atoms with van der Waals surface area (Å²) in [5.74, 6) is 0.165. The van der Waals surface area contributed by atoms with Crippen molar-refractivity contribution in [3.8, 4) is 11.8 Å². The van der Waals surface area contributed by atoms with Crippen molar-refractivity contribution in [2.45, 2.75) is 18.9 Å². The monoisotopic (exact) mass is 474 g/mol. The molecule has 0 unspecified atom stereocenters. The Morgan fingerprint density at radius 3 is 2.38 bits per heavy atom. The van der Waals surface area contributed by atoms with Crippen LogP contribution >= 0.6 is 11.8 Å². The van der Waals surface area contributed by atoms with Gasteiger partial charge in [0.25, 0.3) is 0 Å². The maximum atomic E-state index is 14.5. The number of aromatic nitrogens is 2. The van der Waals surface area contributed by atoms with Crippen LogP contribution in [0.2, 0.25) is 0 Å². The number of aliphatic imine (C=N–C) groups is 1. The number of thioether (sulfide) groups is 1. The molecule has 0 saturated carbocycles. The maximum Gasteiger partial charge on any atom is 0.318 e. The largest absolute Gasteiger partial charge is 0.508 e. The number of nitrogens with zero attached hydrogens (tertiary/aromatic N) is 3. The highest BCUT2D eigenvalue weighted by molar-refractivity contribution is 8.13. The molecule has 8 heteroatoms. The Morgan fingerprint density at radius 2 is 1.65 bits per heavy atom. The van der Waals surface area contributed by atoms with E-state index < -0.39 is 5.82 Å². The van der Waals surface area contributed by atoms with Gasteiger partial charge in [0.05, 0.1) is 12.7 Å². The molecule has 4 rings (SSSR count). The van der Waals surface area contributed by atoms with E-state index in [0.717, 1.165) is 22.9 Å². The molecule has 6 nitrogen and oxygen atoms in total. The summed E-state index contributed by atoms with van der Waals surface area (Å²) in [5, 5.41) is 13.1. The average molecular weight is 475 g/mol. The Balaban J connectivity index is 1.48. The van der Waals surface area contributed by atoms with Crippen LogP contribution in [0, 0.1) is 5.82 Å². The van der Waals surface area contributed by atoms with E-state index in [2.05, 4.69) is 20.3 Å². The Kier molecular flexibility index (Phi) is 8.08. The quantitative estimate of drug-likeness (QED) is 0.248. The van der Waals surface area contributed by atoms with Crippen molar-refractivity contribution in [2.75, 3.05) is 5.32 Å². The second-order valence-corrected chi connectivity index (χ2v) is 8.28. The third kappa shape index (κ3) is 7.05. The number of nitrogens with one attached hydrogen (secondary N) is 1. The lowest BCUT2D eigenvalue weighted by atomic mass is 10.2. The molecule has 0 spiro atoms. The molecule has 3 aromatic carbocycles. The smallest absolute Gasteiger partial charge is 0.318 e. The van der Waals surface area contributed by atoms with E-state index in [1.165, 1.54) is 11.8 Å². The zero-order chi connectivity index (χ0) is 23.6. The van der Waals surface area contributed by atoms with Crippen LogP contribution < -0.4 is 10.1 Å². The first-order chi connectivity index (χ1) is 16.7. The van der Waals surface area contributed by atoms with Gasteiger partial charge in [-0.2, -0.15) is 4.98 Å². The fourth-order valence-corrected chi connectivity index (χ4v) is 3.82. The minimum atomic E-state index is -0.613. The molecular formula is C26H23FN4O2S. The van der Waals surface area contributed by atoms with E-state index in [1.54, 1.807) is 24.3 Å². The number of phenolic OH excluding ortho intramolecular Hbond substituents is 1. The summed E-state index contributed by atoms with van der Waals surface area (Å²) in [7, 11) is 0. The van der Waals surface area contributed by atoms with Crippen molar-refractivity contribution in [2.24, 2.45) is 4.99 Å². The van der Waals surface area contributed by atoms with Crippen molar-refractivity contribution in [3.63, 3.8) is 0 Å². The molecule has 1 heterocycles. The van der Waals surface area contributed by atoms with Gasteiger partial charge >= 0.3 is 6.01 Å². The van der Waals surface area contributed by atoms with Gasteiger partial charge in [-0.25, -0.2) is 9.37 Å². The minimum Gasteiger partial charge on any atom is -0.508 e. The average Bonchev–Trinajstić information content (AvgIpc) is 2.87. The third-order valence-electron chi connectivity index (χ3n) is 4.69. The summed E-state index contributed by atoms with van der Waals surface area (Å²) in [6.45, 7) is 0.579. The van der Waals surface area contributed by atoms with E-state index in [1.807, 2.05) is 60.7 Å². The molecule has 0 atom stereocenters. The zero-order valence-electron chi connectivity index (χ0n) is 18.3. The number of hydrogen-bond donors (Lipinski definition) is 2. The van der Waals surface area contributed by atoms with Crippen LogP contribution in [-0.4, -0.2) is 20.2 Å². The lowest BCUT2D eigenvalue weighted by Gasteiger charge is -2.11. The number of anilines is 1. The first-order valence-corrected chi connectivity index (χ1v) is 11.6. The molecule has 0 bridgehead atoms. The van der Waals surface area contributed by atoms with E-state index in [0.29, 0.717) is 17.5 Å². The fraction of sp³-hybridized carbons (Fsp3) is 0.115.